The molecule has 4 aromatic rings. The zero-order valence-corrected chi connectivity index (χ0v) is 19.0. The van der Waals surface area contributed by atoms with Crippen molar-refractivity contribution in [1.82, 2.24) is 24.5 Å². The molecule has 0 fully saturated rings. The van der Waals surface area contributed by atoms with E-state index in [1.165, 1.54) is 16.6 Å². The SMILES string of the molecule is COc1cccc(-c2nnc3ccc(OCCNS(=O)(=O)c4cc([N+](=O)[O-])ccc4C)nn23)c1. The molecule has 0 saturated heterocycles. The number of hydrogen-bond donors (Lipinski definition) is 1. The fourth-order valence-electron chi connectivity index (χ4n) is 3.19. The van der Waals surface area contributed by atoms with Crippen LogP contribution in [0.15, 0.2) is 59.5 Å². The molecule has 0 radical (unpaired) electrons. The van der Waals surface area contributed by atoms with Crippen LogP contribution >= 0.6 is 0 Å². The highest BCUT2D eigenvalue weighted by Crippen LogP contribution is 2.23. The largest absolute Gasteiger partial charge is 0.497 e. The number of benzene rings is 2. The zero-order valence-electron chi connectivity index (χ0n) is 18.2. The van der Waals surface area contributed by atoms with Gasteiger partial charge in [-0.05, 0) is 30.7 Å². The molecular weight excluding hydrogens is 464 g/mol. The molecule has 0 aliphatic heterocycles. The van der Waals surface area contributed by atoms with Gasteiger partial charge in [0.2, 0.25) is 15.9 Å². The van der Waals surface area contributed by atoms with E-state index in [-0.39, 0.29) is 29.6 Å². The normalized spacial score (nSPS) is 11.5. The molecule has 2 aromatic heterocycles. The third-order valence-corrected chi connectivity index (χ3v) is 6.49. The van der Waals surface area contributed by atoms with Crippen molar-refractivity contribution in [3.63, 3.8) is 0 Å². The topological polar surface area (TPSA) is 151 Å². The number of methoxy groups -OCH3 is 1. The van der Waals surface area contributed by atoms with E-state index in [2.05, 4.69) is 20.0 Å². The average molecular weight is 484 g/mol. The molecule has 0 saturated carbocycles. The van der Waals surface area contributed by atoms with Crippen LogP contribution in [0.1, 0.15) is 5.56 Å². The number of hydrogen-bond acceptors (Lipinski definition) is 9. The summed E-state index contributed by atoms with van der Waals surface area (Å²) in [5.41, 5.74) is 1.34. The van der Waals surface area contributed by atoms with Gasteiger partial charge in [-0.1, -0.05) is 18.2 Å². The number of nitro benzene ring substituents is 1. The monoisotopic (exact) mass is 484 g/mol. The van der Waals surface area contributed by atoms with E-state index in [0.717, 1.165) is 11.6 Å². The lowest BCUT2D eigenvalue weighted by atomic mass is 10.2. The lowest BCUT2D eigenvalue weighted by molar-refractivity contribution is -0.385. The number of rotatable bonds is 9. The van der Waals surface area contributed by atoms with Crippen LogP contribution in [0.4, 0.5) is 5.69 Å². The van der Waals surface area contributed by atoms with Gasteiger partial charge in [-0.25, -0.2) is 13.1 Å². The molecule has 2 heterocycles. The van der Waals surface area contributed by atoms with E-state index in [1.54, 1.807) is 32.2 Å². The number of ether oxygens (including phenoxy) is 2. The van der Waals surface area contributed by atoms with Gasteiger partial charge >= 0.3 is 0 Å². The van der Waals surface area contributed by atoms with E-state index in [9.17, 15) is 18.5 Å². The first-order chi connectivity index (χ1) is 16.3. The van der Waals surface area contributed by atoms with Crippen LogP contribution < -0.4 is 14.2 Å². The number of nitro groups is 1. The van der Waals surface area contributed by atoms with Crippen molar-refractivity contribution in [2.24, 2.45) is 0 Å². The minimum atomic E-state index is -3.97. The van der Waals surface area contributed by atoms with Crippen molar-refractivity contribution in [2.75, 3.05) is 20.3 Å². The Balaban J connectivity index is 1.45. The third kappa shape index (κ3) is 4.79. The van der Waals surface area contributed by atoms with Crippen molar-refractivity contribution < 1.29 is 22.8 Å². The van der Waals surface area contributed by atoms with Gasteiger partial charge in [-0.2, -0.15) is 4.52 Å². The summed E-state index contributed by atoms with van der Waals surface area (Å²) in [6, 6.07) is 14.2. The molecule has 0 aliphatic rings. The van der Waals surface area contributed by atoms with Crippen molar-refractivity contribution in [1.29, 1.82) is 0 Å². The lowest BCUT2D eigenvalue weighted by Crippen LogP contribution is -2.29. The summed E-state index contributed by atoms with van der Waals surface area (Å²) in [4.78, 5) is 10.2. The Hall–Kier alpha value is -4.10. The van der Waals surface area contributed by atoms with Crippen molar-refractivity contribution in [2.45, 2.75) is 11.8 Å². The highest BCUT2D eigenvalue weighted by Gasteiger charge is 2.20. The maximum atomic E-state index is 12.6. The molecule has 34 heavy (non-hydrogen) atoms. The van der Waals surface area contributed by atoms with Crippen LogP contribution in [0, 0.1) is 17.0 Å². The molecule has 4 rings (SSSR count). The molecule has 0 spiro atoms. The van der Waals surface area contributed by atoms with Gasteiger partial charge in [0, 0.05) is 30.3 Å². The maximum absolute atomic E-state index is 12.6. The standard InChI is InChI=1S/C21H20N6O6S/c1-14-6-7-16(27(28)29)13-18(14)34(30,31)22-10-11-33-20-9-8-19-23-24-21(26(19)25-20)15-4-3-5-17(12-15)32-2/h3-9,12-13,22H,10-11H2,1-2H3. The fraction of sp³-hybridized carbons (Fsp3) is 0.190. The molecule has 0 atom stereocenters. The van der Waals surface area contributed by atoms with Crippen molar-refractivity contribution in [3.8, 4) is 23.0 Å². The van der Waals surface area contributed by atoms with E-state index >= 15 is 0 Å². The summed E-state index contributed by atoms with van der Waals surface area (Å²) in [6.45, 7) is 1.46. The van der Waals surface area contributed by atoms with Gasteiger partial charge in [-0.3, -0.25) is 10.1 Å². The van der Waals surface area contributed by atoms with Gasteiger partial charge in [-0.15, -0.1) is 15.3 Å². The minimum Gasteiger partial charge on any atom is -0.497 e. The van der Waals surface area contributed by atoms with Gasteiger partial charge in [0.25, 0.3) is 5.69 Å². The Bertz CT molecular complexity index is 1470. The van der Waals surface area contributed by atoms with Crippen molar-refractivity contribution >= 4 is 21.4 Å². The van der Waals surface area contributed by atoms with Gasteiger partial charge in [0.15, 0.2) is 11.5 Å². The number of aryl methyl sites for hydroxylation is 1. The number of non-ortho nitro benzene ring substituents is 1. The molecule has 0 amide bonds. The van der Waals surface area contributed by atoms with E-state index in [0.29, 0.717) is 22.8 Å². The van der Waals surface area contributed by atoms with Crippen LogP contribution in [0.5, 0.6) is 11.6 Å². The molecule has 1 N–H and O–H groups in total. The smallest absolute Gasteiger partial charge is 0.270 e. The van der Waals surface area contributed by atoms with E-state index in [1.807, 2.05) is 18.2 Å². The maximum Gasteiger partial charge on any atom is 0.270 e. The molecule has 12 nitrogen and oxygen atoms in total. The first kappa shape index (κ1) is 23.1. The molecule has 13 heteroatoms. The summed E-state index contributed by atoms with van der Waals surface area (Å²) < 4.78 is 39.9. The number of nitrogens with one attached hydrogen (secondary N) is 1. The molecule has 0 unspecified atom stereocenters. The van der Waals surface area contributed by atoms with E-state index in [4.69, 9.17) is 9.47 Å². The summed E-state index contributed by atoms with van der Waals surface area (Å²) in [6.07, 6.45) is 0. The number of nitrogens with zero attached hydrogens (tertiary/aromatic N) is 5. The Morgan fingerprint density at radius 2 is 1.94 bits per heavy atom. The Kier molecular flexibility index (Phi) is 6.38. The summed E-state index contributed by atoms with van der Waals surface area (Å²) >= 11 is 0. The number of aromatic nitrogens is 4. The van der Waals surface area contributed by atoms with Crippen LogP contribution in [0.2, 0.25) is 0 Å². The highest BCUT2D eigenvalue weighted by atomic mass is 32.2. The Morgan fingerprint density at radius 1 is 1.12 bits per heavy atom. The van der Waals surface area contributed by atoms with Gasteiger partial charge in [0.1, 0.15) is 12.4 Å². The fourth-order valence-corrected chi connectivity index (χ4v) is 4.47. The second-order valence-corrected chi connectivity index (χ2v) is 8.89. The summed E-state index contributed by atoms with van der Waals surface area (Å²) in [5, 5.41) is 23.6. The van der Waals surface area contributed by atoms with E-state index < -0.39 is 14.9 Å². The predicted octanol–water partition coefficient (Wildman–Crippen LogP) is 2.37. The number of fused-ring (bicyclic) bond motifs is 1. The quantitative estimate of drug-likeness (QED) is 0.214. The lowest BCUT2D eigenvalue weighted by Gasteiger charge is -2.10. The first-order valence-corrected chi connectivity index (χ1v) is 11.5. The second kappa shape index (κ2) is 9.41. The summed E-state index contributed by atoms with van der Waals surface area (Å²) in [7, 11) is -2.40. The zero-order chi connectivity index (χ0) is 24.3. The molecule has 0 bridgehead atoms. The second-order valence-electron chi connectivity index (χ2n) is 7.15. The third-order valence-electron chi connectivity index (χ3n) is 4.88. The van der Waals surface area contributed by atoms with Crippen LogP contribution in [0.3, 0.4) is 0 Å². The predicted molar refractivity (Wildman–Crippen MR) is 121 cm³/mol. The van der Waals surface area contributed by atoms with Crippen LogP contribution in [-0.2, 0) is 10.0 Å². The number of sulfonamides is 1. The molecule has 176 valence electrons. The van der Waals surface area contributed by atoms with Gasteiger partial charge < -0.3 is 9.47 Å². The average Bonchev–Trinajstić information content (AvgIpc) is 3.25. The Morgan fingerprint density at radius 3 is 2.71 bits per heavy atom. The Labute approximate surface area is 194 Å². The van der Waals surface area contributed by atoms with Gasteiger partial charge in [0.05, 0.1) is 16.9 Å². The first-order valence-electron chi connectivity index (χ1n) is 10.0. The molecule has 0 aliphatic carbocycles. The van der Waals surface area contributed by atoms with Crippen molar-refractivity contribution in [3.05, 3.63) is 70.3 Å². The van der Waals surface area contributed by atoms with Crippen LogP contribution in [-0.4, -0.2) is 53.4 Å². The molecular formula is C21H20N6O6S. The van der Waals surface area contributed by atoms with Crippen LogP contribution in [0.25, 0.3) is 17.0 Å². The molecule has 2 aromatic carbocycles. The summed E-state index contributed by atoms with van der Waals surface area (Å²) in [5.74, 6) is 1.39. The highest BCUT2D eigenvalue weighted by molar-refractivity contribution is 7.89. The minimum absolute atomic E-state index is 0.0255.